The van der Waals surface area contributed by atoms with E-state index in [0.29, 0.717) is 39.5 Å². The molecule has 6 nitrogen and oxygen atoms in total. The molecular weight excluding hydrogens is 849 g/mol. The van der Waals surface area contributed by atoms with E-state index >= 15 is 0 Å². The van der Waals surface area contributed by atoms with Gasteiger partial charge < -0.3 is 23.1 Å². The fraction of sp³-hybridized carbons (Fsp3) is 0.534. The first kappa shape index (κ1) is 55.0. The minimum atomic E-state index is -2.83. The monoisotopic (exact) mass is 935 g/mol. The van der Waals surface area contributed by atoms with Gasteiger partial charge in [0.1, 0.15) is 6.61 Å². The summed E-state index contributed by atoms with van der Waals surface area (Å²) in [6.45, 7) is 19.5. The summed E-state index contributed by atoms with van der Waals surface area (Å²) in [7, 11) is -5.36. The van der Waals surface area contributed by atoms with Crippen LogP contribution in [0, 0.1) is 0 Å². The summed E-state index contributed by atoms with van der Waals surface area (Å²) in [4.78, 5) is 12.4. The predicted molar refractivity (Wildman–Crippen MR) is 283 cm³/mol. The number of hydrogen-bond donors (Lipinski definition) is 0. The molecule has 0 aliphatic carbocycles. The lowest BCUT2D eigenvalue weighted by Gasteiger charge is -2.45. The lowest BCUT2D eigenvalue weighted by atomic mass is 10.1. The van der Waals surface area contributed by atoms with Crippen LogP contribution in [-0.2, 0) is 27.9 Å². The van der Waals surface area contributed by atoms with E-state index in [0.717, 1.165) is 58.0 Å². The number of carbonyl (C=O) groups is 1. The second-order valence-electron chi connectivity index (χ2n) is 20.0. The average Bonchev–Trinajstić information content (AvgIpc) is 3.31. The summed E-state index contributed by atoms with van der Waals surface area (Å²) in [5.41, 5.74) is 0. The van der Waals surface area contributed by atoms with Crippen LogP contribution in [0.15, 0.2) is 133 Å². The molecule has 0 amide bonds. The molecular formula is C58H86O6Si2. The zero-order valence-electron chi connectivity index (χ0n) is 42.1. The van der Waals surface area contributed by atoms with Gasteiger partial charge in [0, 0.05) is 26.2 Å². The molecule has 0 aliphatic rings. The van der Waals surface area contributed by atoms with E-state index in [1.807, 2.05) is 6.08 Å². The molecule has 0 spiro atoms. The van der Waals surface area contributed by atoms with E-state index in [2.05, 4.69) is 176 Å². The quantitative estimate of drug-likeness (QED) is 0.0205. The number of unbranched alkanes of at least 4 members (excludes halogenated alkanes) is 11. The third-order valence-electron chi connectivity index (χ3n) is 12.7. The standard InChI is InChI=1S/C58H86O6Si2/c1-8-9-10-11-12-13-14-15-34-47-62-56(59)44-31-22-33-46-61-50-51(64-66(58(5,6)7,54-40-27-20-28-41-54)55-42-29-21-30-43-55)49-60-45-32-16-17-35-48-63-65(57(2,3)4,52-36-23-18-24-37-52)53-38-25-19-26-39-53/h15,18-21,23-30,34,36-43,51H,8-14,16-17,22,31-33,35,44-50H2,1-7H3/b34-15-. The van der Waals surface area contributed by atoms with Crippen molar-refractivity contribution < 1.29 is 27.9 Å². The molecule has 0 aliphatic heterocycles. The van der Waals surface area contributed by atoms with Crippen molar-refractivity contribution >= 4 is 43.4 Å². The van der Waals surface area contributed by atoms with Crippen molar-refractivity contribution in [3.8, 4) is 0 Å². The lowest BCUT2D eigenvalue weighted by Crippen LogP contribution is -2.68. The van der Waals surface area contributed by atoms with Crippen LogP contribution in [0.2, 0.25) is 10.1 Å². The first-order chi connectivity index (χ1) is 32.0. The van der Waals surface area contributed by atoms with E-state index in [-0.39, 0.29) is 22.1 Å². The maximum atomic E-state index is 12.4. The third kappa shape index (κ3) is 17.5. The van der Waals surface area contributed by atoms with E-state index in [4.69, 9.17) is 23.1 Å². The number of rotatable bonds is 33. The number of carbonyl (C=O) groups excluding carboxylic acids is 1. The van der Waals surface area contributed by atoms with Crippen LogP contribution in [0.1, 0.15) is 145 Å². The highest BCUT2D eigenvalue weighted by Gasteiger charge is 2.52. The molecule has 0 saturated heterocycles. The smallest absolute Gasteiger partial charge is 0.306 e. The van der Waals surface area contributed by atoms with Crippen molar-refractivity contribution in [1.82, 2.24) is 0 Å². The number of allylic oxidation sites excluding steroid dienone is 1. The molecule has 4 rings (SSSR count). The van der Waals surface area contributed by atoms with Crippen molar-refractivity contribution in [2.75, 3.05) is 39.6 Å². The van der Waals surface area contributed by atoms with E-state index in [1.165, 1.54) is 59.3 Å². The minimum absolute atomic E-state index is 0.0277. The van der Waals surface area contributed by atoms with Gasteiger partial charge in [0.2, 0.25) is 0 Å². The molecule has 0 aromatic heterocycles. The summed E-state index contributed by atoms with van der Waals surface area (Å²) in [6, 6.07) is 43.4. The Hall–Kier alpha value is -3.64. The Labute approximate surface area is 403 Å². The molecule has 362 valence electrons. The first-order valence-electron chi connectivity index (χ1n) is 25.5. The summed E-state index contributed by atoms with van der Waals surface area (Å²) >= 11 is 0. The number of ether oxygens (including phenoxy) is 3. The maximum absolute atomic E-state index is 12.4. The Morgan fingerprint density at radius 1 is 0.500 bits per heavy atom. The van der Waals surface area contributed by atoms with Gasteiger partial charge in [-0.3, -0.25) is 4.79 Å². The predicted octanol–water partition coefficient (Wildman–Crippen LogP) is 12.5. The summed E-state index contributed by atoms with van der Waals surface area (Å²) in [5, 5.41) is 4.95. The summed E-state index contributed by atoms with van der Waals surface area (Å²) in [6.07, 6.45) is 19.8. The van der Waals surface area contributed by atoms with E-state index < -0.39 is 16.6 Å². The van der Waals surface area contributed by atoms with Crippen molar-refractivity contribution in [3.63, 3.8) is 0 Å². The van der Waals surface area contributed by atoms with Gasteiger partial charge in [-0.1, -0.05) is 233 Å². The van der Waals surface area contributed by atoms with Gasteiger partial charge in [0.05, 0.1) is 19.3 Å². The van der Waals surface area contributed by atoms with Crippen LogP contribution in [0.5, 0.6) is 0 Å². The molecule has 66 heavy (non-hydrogen) atoms. The largest absolute Gasteiger partial charge is 0.461 e. The fourth-order valence-corrected chi connectivity index (χ4v) is 18.5. The lowest BCUT2D eigenvalue weighted by molar-refractivity contribution is -0.142. The maximum Gasteiger partial charge on any atom is 0.306 e. The van der Waals surface area contributed by atoms with Gasteiger partial charge in [-0.05, 0) is 69.3 Å². The molecule has 0 saturated carbocycles. The molecule has 0 bridgehead atoms. The highest BCUT2D eigenvalue weighted by Crippen LogP contribution is 2.38. The normalized spacial score (nSPS) is 13.0. The summed E-state index contributed by atoms with van der Waals surface area (Å²) < 4.78 is 33.0. The van der Waals surface area contributed by atoms with Gasteiger partial charge in [-0.25, -0.2) is 0 Å². The van der Waals surface area contributed by atoms with Crippen molar-refractivity contribution in [1.29, 1.82) is 0 Å². The Kier molecular flexibility index (Phi) is 25.0. The molecule has 4 aromatic carbocycles. The molecule has 0 heterocycles. The van der Waals surface area contributed by atoms with Crippen LogP contribution < -0.4 is 20.7 Å². The Bertz CT molecular complexity index is 1800. The van der Waals surface area contributed by atoms with Crippen LogP contribution in [0.3, 0.4) is 0 Å². The highest BCUT2D eigenvalue weighted by atomic mass is 28.4. The van der Waals surface area contributed by atoms with Crippen LogP contribution in [0.4, 0.5) is 0 Å². The van der Waals surface area contributed by atoms with Gasteiger partial charge in [0.15, 0.2) is 0 Å². The second kappa shape index (κ2) is 30.0. The number of hydrogen-bond acceptors (Lipinski definition) is 6. The first-order valence-corrected chi connectivity index (χ1v) is 29.3. The van der Waals surface area contributed by atoms with Gasteiger partial charge in [-0.15, -0.1) is 0 Å². The molecule has 8 heteroatoms. The zero-order chi connectivity index (χ0) is 47.4. The highest BCUT2D eigenvalue weighted by molar-refractivity contribution is 7.00. The number of benzene rings is 4. The van der Waals surface area contributed by atoms with E-state index in [9.17, 15) is 4.79 Å². The van der Waals surface area contributed by atoms with Gasteiger partial charge in [-0.2, -0.15) is 0 Å². The van der Waals surface area contributed by atoms with Gasteiger partial charge >= 0.3 is 5.97 Å². The Morgan fingerprint density at radius 2 is 0.909 bits per heavy atom. The molecule has 4 aromatic rings. The topological polar surface area (TPSA) is 63.2 Å². The fourth-order valence-electron chi connectivity index (χ4n) is 9.23. The Balaban J connectivity index is 1.28. The van der Waals surface area contributed by atoms with Crippen molar-refractivity contribution in [2.45, 2.75) is 161 Å². The van der Waals surface area contributed by atoms with Crippen LogP contribution in [-0.4, -0.2) is 68.3 Å². The van der Waals surface area contributed by atoms with Crippen molar-refractivity contribution in [3.05, 3.63) is 133 Å². The molecule has 0 N–H and O–H groups in total. The Morgan fingerprint density at radius 3 is 1.38 bits per heavy atom. The van der Waals surface area contributed by atoms with E-state index in [1.54, 1.807) is 0 Å². The number of esters is 1. The zero-order valence-corrected chi connectivity index (χ0v) is 44.1. The third-order valence-corrected chi connectivity index (χ3v) is 22.8. The van der Waals surface area contributed by atoms with Gasteiger partial charge in [0.25, 0.3) is 16.6 Å². The molecule has 0 fully saturated rings. The summed E-state index contributed by atoms with van der Waals surface area (Å²) in [5.74, 6) is -0.125. The average molecular weight is 935 g/mol. The molecule has 1 unspecified atom stereocenters. The minimum Gasteiger partial charge on any atom is -0.461 e. The van der Waals surface area contributed by atoms with Crippen molar-refractivity contribution in [2.24, 2.45) is 0 Å². The van der Waals surface area contributed by atoms with Crippen LogP contribution >= 0.6 is 0 Å². The molecule has 0 radical (unpaired) electrons. The SMILES string of the molecule is CCCCCCCC/C=C\COC(=O)CCCCCOCC(COCCCCCCO[Si](c1ccccc1)(c1ccccc1)C(C)(C)C)O[Si](c1ccccc1)(c1ccccc1)C(C)(C)C. The molecule has 1 atom stereocenters. The van der Waals surface area contributed by atoms with Crippen LogP contribution in [0.25, 0.3) is 0 Å². The second-order valence-corrected chi connectivity index (χ2v) is 28.6.